The molecule has 0 unspecified atom stereocenters. The Kier molecular flexibility index (Phi) is 4.55. The van der Waals surface area contributed by atoms with Crippen molar-refractivity contribution in [2.75, 3.05) is 18.9 Å². The molecule has 0 atom stereocenters. The van der Waals surface area contributed by atoms with E-state index in [0.29, 0.717) is 24.9 Å². The Balaban J connectivity index is 1.85. The van der Waals surface area contributed by atoms with E-state index in [0.717, 1.165) is 17.7 Å². The van der Waals surface area contributed by atoms with E-state index >= 15 is 0 Å². The summed E-state index contributed by atoms with van der Waals surface area (Å²) < 4.78 is 11.1. The highest BCUT2D eigenvalue weighted by Crippen LogP contribution is 2.19. The molecule has 2 aromatic rings. The van der Waals surface area contributed by atoms with Crippen molar-refractivity contribution >= 4 is 5.82 Å². The van der Waals surface area contributed by atoms with Crippen LogP contribution in [0.4, 0.5) is 5.82 Å². The molecule has 0 bridgehead atoms. The Labute approximate surface area is 112 Å². The van der Waals surface area contributed by atoms with Gasteiger partial charge >= 0.3 is 0 Å². The molecule has 2 rings (SSSR count). The molecule has 5 nitrogen and oxygen atoms in total. The van der Waals surface area contributed by atoms with Gasteiger partial charge in [0.1, 0.15) is 31.1 Å². The quantitative estimate of drug-likeness (QED) is 0.804. The minimum atomic E-state index is 0.415. The number of anilines is 1. The van der Waals surface area contributed by atoms with Gasteiger partial charge in [-0.05, 0) is 18.6 Å². The number of aromatic nitrogens is 2. The lowest BCUT2D eigenvalue weighted by Crippen LogP contribution is -2.12. The summed E-state index contributed by atoms with van der Waals surface area (Å²) in [6.07, 6.45) is 2.14. The van der Waals surface area contributed by atoms with Crippen LogP contribution >= 0.6 is 0 Å². The fourth-order valence-corrected chi connectivity index (χ4v) is 1.68. The van der Waals surface area contributed by atoms with Gasteiger partial charge in [-0.3, -0.25) is 0 Å². The molecule has 0 radical (unpaired) electrons. The summed E-state index contributed by atoms with van der Waals surface area (Å²) in [4.78, 5) is 8.03. The second-order valence-electron chi connectivity index (χ2n) is 3.91. The molecule has 0 aliphatic carbocycles. The standard InChI is InChI=1S/C14H17N3O2/c1-2-12-13(15)16-10-17-14(12)19-9-8-18-11-6-4-3-5-7-11/h3-7,10H,2,8-9H2,1H3,(H2,15,16,17). The highest BCUT2D eigenvalue weighted by molar-refractivity contribution is 5.44. The highest BCUT2D eigenvalue weighted by Gasteiger charge is 2.08. The first kappa shape index (κ1) is 13.1. The molecule has 0 aliphatic rings. The molecular formula is C14H17N3O2. The lowest BCUT2D eigenvalue weighted by Gasteiger charge is -2.11. The Morgan fingerprint density at radius 3 is 2.53 bits per heavy atom. The average Bonchev–Trinajstić information content (AvgIpc) is 2.45. The average molecular weight is 259 g/mol. The molecule has 0 aliphatic heterocycles. The van der Waals surface area contributed by atoms with Gasteiger partial charge in [0.25, 0.3) is 0 Å². The van der Waals surface area contributed by atoms with E-state index in [-0.39, 0.29) is 0 Å². The molecule has 1 heterocycles. The fraction of sp³-hybridized carbons (Fsp3) is 0.286. The van der Waals surface area contributed by atoms with Crippen molar-refractivity contribution in [3.05, 3.63) is 42.2 Å². The molecule has 0 saturated heterocycles. The first-order valence-corrected chi connectivity index (χ1v) is 6.21. The second kappa shape index (κ2) is 6.58. The number of para-hydroxylation sites is 1. The number of nitrogen functional groups attached to an aromatic ring is 1. The van der Waals surface area contributed by atoms with Crippen LogP contribution in [0.5, 0.6) is 11.6 Å². The van der Waals surface area contributed by atoms with Crippen molar-refractivity contribution in [1.82, 2.24) is 9.97 Å². The van der Waals surface area contributed by atoms with Gasteiger partial charge in [0.05, 0.1) is 5.56 Å². The second-order valence-corrected chi connectivity index (χ2v) is 3.91. The molecule has 0 saturated carbocycles. The number of ether oxygens (including phenoxy) is 2. The molecule has 1 aromatic carbocycles. The normalized spacial score (nSPS) is 10.2. The highest BCUT2D eigenvalue weighted by atomic mass is 16.5. The smallest absolute Gasteiger partial charge is 0.221 e. The van der Waals surface area contributed by atoms with Crippen LogP contribution in [0.25, 0.3) is 0 Å². The first-order chi connectivity index (χ1) is 9.31. The summed E-state index contributed by atoms with van der Waals surface area (Å²) in [6.45, 7) is 2.86. The van der Waals surface area contributed by atoms with Gasteiger partial charge in [-0.1, -0.05) is 25.1 Å². The predicted octanol–water partition coefficient (Wildman–Crippen LogP) is 2.08. The van der Waals surface area contributed by atoms with Crippen molar-refractivity contribution in [3.63, 3.8) is 0 Å². The van der Waals surface area contributed by atoms with Crippen molar-refractivity contribution in [3.8, 4) is 11.6 Å². The Morgan fingerprint density at radius 2 is 1.79 bits per heavy atom. The van der Waals surface area contributed by atoms with Crippen LogP contribution in [0.3, 0.4) is 0 Å². The molecule has 100 valence electrons. The molecule has 5 heteroatoms. The zero-order chi connectivity index (χ0) is 13.5. The Morgan fingerprint density at radius 1 is 1.05 bits per heavy atom. The summed E-state index contributed by atoms with van der Waals surface area (Å²) in [6, 6.07) is 9.61. The predicted molar refractivity (Wildman–Crippen MR) is 73.3 cm³/mol. The van der Waals surface area contributed by atoms with Crippen LogP contribution in [0, 0.1) is 0 Å². The Bertz CT molecular complexity index is 517. The van der Waals surface area contributed by atoms with Crippen molar-refractivity contribution < 1.29 is 9.47 Å². The molecule has 0 amide bonds. The van der Waals surface area contributed by atoms with Gasteiger partial charge in [0, 0.05) is 0 Å². The van der Waals surface area contributed by atoms with Gasteiger partial charge in [-0.2, -0.15) is 0 Å². The number of hydrogen-bond donors (Lipinski definition) is 1. The van der Waals surface area contributed by atoms with E-state index in [2.05, 4.69) is 9.97 Å². The molecule has 1 aromatic heterocycles. The third-order valence-corrected chi connectivity index (χ3v) is 2.63. The summed E-state index contributed by atoms with van der Waals surface area (Å²) in [5.41, 5.74) is 6.60. The first-order valence-electron chi connectivity index (χ1n) is 6.21. The maximum atomic E-state index is 5.76. The zero-order valence-electron chi connectivity index (χ0n) is 10.9. The van der Waals surface area contributed by atoms with E-state index in [1.165, 1.54) is 6.33 Å². The SMILES string of the molecule is CCc1c(N)ncnc1OCCOc1ccccc1. The van der Waals surface area contributed by atoms with Crippen molar-refractivity contribution in [2.24, 2.45) is 0 Å². The maximum Gasteiger partial charge on any atom is 0.221 e. The number of nitrogens with zero attached hydrogens (tertiary/aromatic N) is 2. The number of rotatable bonds is 6. The number of benzene rings is 1. The van der Waals surface area contributed by atoms with Crippen molar-refractivity contribution in [2.45, 2.75) is 13.3 Å². The number of nitrogens with two attached hydrogens (primary N) is 1. The minimum absolute atomic E-state index is 0.415. The van der Waals surface area contributed by atoms with E-state index in [1.807, 2.05) is 37.3 Å². The zero-order valence-corrected chi connectivity index (χ0v) is 10.9. The van der Waals surface area contributed by atoms with Crippen LogP contribution in [0.2, 0.25) is 0 Å². The molecule has 0 spiro atoms. The van der Waals surface area contributed by atoms with Crippen LogP contribution in [-0.4, -0.2) is 23.2 Å². The lowest BCUT2D eigenvalue weighted by molar-refractivity contribution is 0.210. The van der Waals surface area contributed by atoms with Crippen LogP contribution < -0.4 is 15.2 Å². The summed E-state index contributed by atoms with van der Waals surface area (Å²) in [5.74, 6) is 1.83. The Hall–Kier alpha value is -2.30. The largest absolute Gasteiger partial charge is 0.490 e. The minimum Gasteiger partial charge on any atom is -0.490 e. The third kappa shape index (κ3) is 3.58. The van der Waals surface area contributed by atoms with Gasteiger partial charge < -0.3 is 15.2 Å². The summed E-state index contributed by atoms with van der Waals surface area (Å²) >= 11 is 0. The topological polar surface area (TPSA) is 70.3 Å². The van der Waals surface area contributed by atoms with E-state index < -0.39 is 0 Å². The molecule has 0 fully saturated rings. The van der Waals surface area contributed by atoms with Crippen LogP contribution in [-0.2, 0) is 6.42 Å². The molecule has 19 heavy (non-hydrogen) atoms. The lowest BCUT2D eigenvalue weighted by atomic mass is 10.2. The molecule has 2 N–H and O–H groups in total. The van der Waals surface area contributed by atoms with E-state index in [4.69, 9.17) is 15.2 Å². The van der Waals surface area contributed by atoms with Gasteiger partial charge in [0.15, 0.2) is 0 Å². The van der Waals surface area contributed by atoms with Crippen LogP contribution in [0.1, 0.15) is 12.5 Å². The van der Waals surface area contributed by atoms with E-state index in [9.17, 15) is 0 Å². The molecular weight excluding hydrogens is 242 g/mol. The summed E-state index contributed by atoms with van der Waals surface area (Å²) in [5, 5.41) is 0. The summed E-state index contributed by atoms with van der Waals surface area (Å²) in [7, 11) is 0. The monoisotopic (exact) mass is 259 g/mol. The van der Waals surface area contributed by atoms with E-state index in [1.54, 1.807) is 0 Å². The van der Waals surface area contributed by atoms with Gasteiger partial charge in [-0.15, -0.1) is 0 Å². The third-order valence-electron chi connectivity index (χ3n) is 2.63. The number of hydrogen-bond acceptors (Lipinski definition) is 5. The van der Waals surface area contributed by atoms with Gasteiger partial charge in [0.2, 0.25) is 5.88 Å². The fourth-order valence-electron chi connectivity index (χ4n) is 1.68. The maximum absolute atomic E-state index is 5.76. The van der Waals surface area contributed by atoms with Gasteiger partial charge in [-0.25, -0.2) is 9.97 Å². The van der Waals surface area contributed by atoms with Crippen LogP contribution in [0.15, 0.2) is 36.7 Å². The van der Waals surface area contributed by atoms with Crippen molar-refractivity contribution in [1.29, 1.82) is 0 Å².